The molecule has 8 heteroatoms. The molecule has 1 amide bonds. The molecule has 1 saturated heterocycles. The van der Waals surface area contributed by atoms with Crippen LogP contribution in [0.5, 0.6) is 0 Å². The monoisotopic (exact) mass is 550 g/mol. The van der Waals surface area contributed by atoms with Gasteiger partial charge in [-0.2, -0.15) is 0 Å². The van der Waals surface area contributed by atoms with Gasteiger partial charge in [0.2, 0.25) is 5.91 Å². The lowest BCUT2D eigenvalue weighted by molar-refractivity contribution is -0.133. The number of hydrogen-bond acceptors (Lipinski definition) is 5. The van der Waals surface area contributed by atoms with Crippen molar-refractivity contribution in [2.75, 3.05) is 18.4 Å². The fraction of sp³-hybridized carbons (Fsp3) is 0.435. The van der Waals surface area contributed by atoms with Gasteiger partial charge in [-0.1, -0.05) is 0 Å². The summed E-state index contributed by atoms with van der Waals surface area (Å²) in [6.07, 6.45) is 8.64. The highest BCUT2D eigenvalue weighted by Gasteiger charge is 2.28. The van der Waals surface area contributed by atoms with Crippen molar-refractivity contribution in [3.8, 4) is 0 Å². The zero-order chi connectivity index (χ0) is 21.4. The molecule has 2 aromatic heterocycles. The summed E-state index contributed by atoms with van der Waals surface area (Å²) in [5.74, 6) is 1.27. The summed E-state index contributed by atoms with van der Waals surface area (Å²) < 4.78 is 14.2. The summed E-state index contributed by atoms with van der Waals surface area (Å²) >= 11 is 3.71. The molecule has 5 rings (SSSR count). The molecule has 1 aliphatic heterocycles. The number of rotatable bonds is 4. The first-order chi connectivity index (χ1) is 15.1. The standard InChI is InChI=1S/C23H24FIN4OS/c24-17-7-5-15(12-18(17)25)28-22-21-16-6-4-14(10-19(16)31-23(21)27-13-26-22)11-20(30)29-8-2-1-3-9-29/h5,7,12-14H,1-4,6,8-11H2,(H,26,27,28). The molecule has 3 heterocycles. The molecule has 162 valence electrons. The predicted octanol–water partition coefficient (Wildman–Crippen LogP) is 5.69. The van der Waals surface area contributed by atoms with E-state index >= 15 is 0 Å². The van der Waals surface area contributed by atoms with Crippen molar-refractivity contribution in [3.05, 3.63) is 44.4 Å². The number of thiophene rings is 1. The van der Waals surface area contributed by atoms with Gasteiger partial charge in [0, 0.05) is 30.1 Å². The molecule has 31 heavy (non-hydrogen) atoms. The number of nitrogens with one attached hydrogen (secondary N) is 1. The molecule has 3 aromatic rings. The van der Waals surface area contributed by atoms with Crippen molar-refractivity contribution >= 4 is 61.6 Å². The van der Waals surface area contributed by atoms with Crippen molar-refractivity contribution < 1.29 is 9.18 Å². The van der Waals surface area contributed by atoms with Gasteiger partial charge in [0.05, 0.1) is 8.96 Å². The van der Waals surface area contributed by atoms with Crippen molar-refractivity contribution in [1.82, 2.24) is 14.9 Å². The van der Waals surface area contributed by atoms with Crippen molar-refractivity contribution in [3.63, 3.8) is 0 Å². The topological polar surface area (TPSA) is 58.1 Å². The molecular weight excluding hydrogens is 526 g/mol. The van der Waals surface area contributed by atoms with Gasteiger partial charge in [0.1, 0.15) is 22.8 Å². The molecule has 2 aliphatic rings. The maximum Gasteiger partial charge on any atom is 0.222 e. The van der Waals surface area contributed by atoms with Gasteiger partial charge in [0.25, 0.3) is 0 Å². The van der Waals surface area contributed by atoms with Gasteiger partial charge >= 0.3 is 0 Å². The van der Waals surface area contributed by atoms with Gasteiger partial charge in [-0.15, -0.1) is 11.3 Å². The van der Waals surface area contributed by atoms with E-state index in [-0.39, 0.29) is 5.82 Å². The first kappa shape index (κ1) is 21.1. The van der Waals surface area contributed by atoms with Crippen LogP contribution in [0.1, 0.15) is 42.5 Å². The third-order valence-corrected chi connectivity index (χ3v) is 8.29. The number of nitrogens with zero attached hydrogens (tertiary/aromatic N) is 3. The Morgan fingerprint density at radius 3 is 2.90 bits per heavy atom. The second-order valence-corrected chi connectivity index (χ2v) is 10.7. The third kappa shape index (κ3) is 4.41. The van der Waals surface area contributed by atoms with Crippen LogP contribution in [-0.2, 0) is 17.6 Å². The van der Waals surface area contributed by atoms with Gasteiger partial charge in [-0.3, -0.25) is 4.79 Å². The van der Waals surface area contributed by atoms with E-state index in [0.29, 0.717) is 21.8 Å². The van der Waals surface area contributed by atoms with E-state index in [1.165, 1.54) is 22.9 Å². The number of amides is 1. The molecule has 0 spiro atoms. The molecule has 0 bridgehead atoms. The molecule has 0 saturated carbocycles. The van der Waals surface area contributed by atoms with Gasteiger partial charge in [-0.05, 0) is 90.8 Å². The van der Waals surface area contributed by atoms with Gasteiger partial charge in [0.15, 0.2) is 0 Å². The van der Waals surface area contributed by atoms with Gasteiger partial charge in [-0.25, -0.2) is 14.4 Å². The summed E-state index contributed by atoms with van der Waals surface area (Å²) in [6, 6.07) is 4.98. The lowest BCUT2D eigenvalue weighted by Crippen LogP contribution is -2.37. The highest BCUT2D eigenvalue weighted by Crippen LogP contribution is 2.41. The average molecular weight is 550 g/mol. The van der Waals surface area contributed by atoms with Crippen molar-refractivity contribution in [2.45, 2.75) is 44.9 Å². The molecule has 5 nitrogen and oxygen atoms in total. The number of aryl methyl sites for hydroxylation is 1. The first-order valence-corrected chi connectivity index (χ1v) is 12.7. The maximum absolute atomic E-state index is 13.6. The molecule has 1 aliphatic carbocycles. The number of halogens is 2. The van der Waals surface area contributed by atoms with E-state index < -0.39 is 0 Å². The Morgan fingerprint density at radius 1 is 1.26 bits per heavy atom. The first-order valence-electron chi connectivity index (χ1n) is 10.8. The summed E-state index contributed by atoms with van der Waals surface area (Å²) in [5.41, 5.74) is 2.12. The van der Waals surface area contributed by atoms with Crippen LogP contribution in [0.15, 0.2) is 24.5 Å². The predicted molar refractivity (Wildman–Crippen MR) is 130 cm³/mol. The zero-order valence-corrected chi connectivity index (χ0v) is 20.1. The van der Waals surface area contributed by atoms with E-state index in [2.05, 4.69) is 20.2 Å². The number of carbonyl (C=O) groups excluding carboxylic acids is 1. The summed E-state index contributed by atoms with van der Waals surface area (Å²) in [5, 5.41) is 4.43. The Labute approximate surface area is 198 Å². The largest absolute Gasteiger partial charge is 0.343 e. The Kier molecular flexibility index (Phi) is 6.10. The minimum atomic E-state index is -0.225. The number of aromatic nitrogens is 2. The third-order valence-electron chi connectivity index (χ3n) is 6.30. The summed E-state index contributed by atoms with van der Waals surface area (Å²) in [7, 11) is 0. The molecular formula is C23H24FIN4OS. The number of fused-ring (bicyclic) bond motifs is 3. The van der Waals surface area contributed by atoms with Crippen LogP contribution >= 0.6 is 33.9 Å². The lowest BCUT2D eigenvalue weighted by Gasteiger charge is -2.29. The van der Waals surface area contributed by atoms with Crippen LogP contribution in [-0.4, -0.2) is 33.9 Å². The number of benzene rings is 1. The molecule has 1 unspecified atom stereocenters. The van der Waals surface area contributed by atoms with Crippen LogP contribution in [0.25, 0.3) is 10.2 Å². The van der Waals surface area contributed by atoms with E-state index in [1.54, 1.807) is 29.8 Å². The molecule has 1 atom stereocenters. The number of carbonyl (C=O) groups is 1. The SMILES string of the molecule is O=C(CC1CCc2c(sc3ncnc(Nc4ccc(F)c(I)c4)c23)C1)N1CCCCC1. The van der Waals surface area contributed by atoms with Crippen LogP contribution in [0.2, 0.25) is 0 Å². The van der Waals surface area contributed by atoms with Crippen LogP contribution in [0.4, 0.5) is 15.9 Å². The number of piperidine rings is 1. The molecule has 0 radical (unpaired) electrons. The van der Waals surface area contributed by atoms with E-state index in [0.717, 1.165) is 66.9 Å². The number of likely N-dealkylation sites (tertiary alicyclic amines) is 1. The fourth-order valence-corrected chi connectivity index (χ4v) is 6.49. The summed E-state index contributed by atoms with van der Waals surface area (Å²) in [6.45, 7) is 1.85. The van der Waals surface area contributed by atoms with Gasteiger partial charge < -0.3 is 10.2 Å². The van der Waals surface area contributed by atoms with Crippen LogP contribution in [0, 0.1) is 15.3 Å². The van der Waals surface area contributed by atoms with Crippen molar-refractivity contribution in [2.24, 2.45) is 5.92 Å². The number of hydrogen-bond donors (Lipinski definition) is 1. The highest BCUT2D eigenvalue weighted by molar-refractivity contribution is 14.1. The van der Waals surface area contributed by atoms with Crippen LogP contribution < -0.4 is 5.32 Å². The molecule has 1 aromatic carbocycles. The normalized spacial score (nSPS) is 18.8. The zero-order valence-electron chi connectivity index (χ0n) is 17.2. The minimum absolute atomic E-state index is 0.225. The Hall–Kier alpha value is -1.81. The van der Waals surface area contributed by atoms with E-state index in [9.17, 15) is 9.18 Å². The maximum atomic E-state index is 13.6. The molecule has 1 fully saturated rings. The van der Waals surface area contributed by atoms with E-state index in [4.69, 9.17) is 0 Å². The highest BCUT2D eigenvalue weighted by atomic mass is 127. The van der Waals surface area contributed by atoms with Crippen molar-refractivity contribution in [1.29, 1.82) is 0 Å². The lowest BCUT2D eigenvalue weighted by atomic mass is 9.85. The Balaban J connectivity index is 1.36. The second kappa shape index (κ2) is 8.97. The summed E-state index contributed by atoms with van der Waals surface area (Å²) in [4.78, 5) is 26.1. The minimum Gasteiger partial charge on any atom is -0.343 e. The number of anilines is 2. The Morgan fingerprint density at radius 2 is 2.10 bits per heavy atom. The Bertz CT molecular complexity index is 1130. The average Bonchev–Trinajstić information content (AvgIpc) is 3.15. The molecule has 1 N–H and O–H groups in total. The smallest absolute Gasteiger partial charge is 0.222 e. The fourth-order valence-electron chi connectivity index (χ4n) is 4.68. The van der Waals surface area contributed by atoms with E-state index in [1.807, 2.05) is 22.6 Å². The second-order valence-electron chi connectivity index (χ2n) is 8.41. The van der Waals surface area contributed by atoms with Crippen LogP contribution in [0.3, 0.4) is 0 Å². The quantitative estimate of drug-likeness (QED) is 0.425.